The average molecular weight is 629 g/mol. The molecule has 5 rings (SSSR count). The van der Waals surface area contributed by atoms with Crippen molar-refractivity contribution in [2.24, 2.45) is 0 Å². The predicted molar refractivity (Wildman–Crippen MR) is 151 cm³/mol. The number of fused-ring (bicyclic) bond motifs is 1. The largest absolute Gasteiger partial charge is 0.490 e. The van der Waals surface area contributed by atoms with Crippen molar-refractivity contribution in [2.75, 3.05) is 37.2 Å². The number of alkyl halides is 3. The van der Waals surface area contributed by atoms with Crippen LogP contribution in [-0.4, -0.2) is 74.4 Å². The third-order valence-corrected chi connectivity index (χ3v) is 10.7. The number of ether oxygens (including phenoxy) is 2. The second-order valence-corrected chi connectivity index (χ2v) is 13.5. The molecule has 9 nitrogen and oxygen atoms in total. The highest BCUT2D eigenvalue weighted by Gasteiger charge is 2.43. The molecular formula is C26H27F3N4O5S3. The Morgan fingerprint density at radius 1 is 1.27 bits per heavy atom. The van der Waals surface area contributed by atoms with Gasteiger partial charge in [0.1, 0.15) is 15.3 Å². The number of thiophene rings is 1. The molecule has 220 valence electrons. The molecule has 1 aromatic carbocycles. The van der Waals surface area contributed by atoms with Crippen molar-refractivity contribution in [3.8, 4) is 10.7 Å². The normalized spacial score (nSPS) is 16.4. The third-order valence-electron chi connectivity index (χ3n) is 6.48. The van der Waals surface area contributed by atoms with E-state index in [-0.39, 0.29) is 23.9 Å². The quantitative estimate of drug-likeness (QED) is 0.178. The van der Waals surface area contributed by atoms with Gasteiger partial charge in [0.05, 0.1) is 30.0 Å². The number of carbonyl (C=O) groups excluding carboxylic acids is 1. The number of hydrogen-bond donors (Lipinski definition) is 1. The maximum atomic E-state index is 13.6. The first kappa shape index (κ1) is 29.5. The Hall–Kier alpha value is -2.98. The monoisotopic (exact) mass is 628 g/mol. The molecule has 0 aliphatic carbocycles. The zero-order valence-corrected chi connectivity index (χ0v) is 24.3. The summed E-state index contributed by atoms with van der Waals surface area (Å²) in [6.07, 6.45) is -3.78. The number of aromatic amines is 1. The first-order chi connectivity index (χ1) is 19.6. The van der Waals surface area contributed by atoms with Gasteiger partial charge < -0.3 is 14.5 Å². The summed E-state index contributed by atoms with van der Waals surface area (Å²) < 4.78 is 76.4. The Kier molecular flexibility index (Phi) is 8.70. The molecule has 1 atom stereocenters. The SMILES string of the molecule is CCOCCN(c1cccc2cc(-c3ncc(CN4CCC(OC(=O)C(F)(F)F)C4)s3)[nH]c12)S(=O)(=O)c1cccs1. The second-order valence-electron chi connectivity index (χ2n) is 9.31. The van der Waals surface area contributed by atoms with E-state index in [0.29, 0.717) is 48.0 Å². The number of nitrogens with one attached hydrogen (secondary N) is 1. The maximum absolute atomic E-state index is 13.6. The van der Waals surface area contributed by atoms with E-state index in [9.17, 15) is 26.4 Å². The number of anilines is 1. The van der Waals surface area contributed by atoms with Gasteiger partial charge in [0.2, 0.25) is 0 Å². The van der Waals surface area contributed by atoms with E-state index < -0.39 is 28.3 Å². The van der Waals surface area contributed by atoms with Gasteiger partial charge in [-0.2, -0.15) is 13.2 Å². The van der Waals surface area contributed by atoms with Gasteiger partial charge in [0.15, 0.2) is 0 Å². The molecule has 0 amide bonds. The van der Waals surface area contributed by atoms with E-state index in [1.807, 2.05) is 24.0 Å². The molecule has 1 aliphatic heterocycles. The Labute approximate surface area is 242 Å². The van der Waals surface area contributed by atoms with Crippen LogP contribution in [0.2, 0.25) is 0 Å². The average Bonchev–Trinajstić information content (AvgIpc) is 3.73. The summed E-state index contributed by atoms with van der Waals surface area (Å²) in [7, 11) is -3.83. The van der Waals surface area contributed by atoms with Crippen LogP contribution >= 0.6 is 22.7 Å². The number of carbonyl (C=O) groups is 1. The molecule has 0 bridgehead atoms. The van der Waals surface area contributed by atoms with Crippen LogP contribution in [0.15, 0.2) is 52.2 Å². The molecule has 3 aromatic heterocycles. The summed E-state index contributed by atoms with van der Waals surface area (Å²) in [4.78, 5) is 21.8. The van der Waals surface area contributed by atoms with E-state index >= 15 is 0 Å². The van der Waals surface area contributed by atoms with Crippen molar-refractivity contribution in [3.63, 3.8) is 0 Å². The highest BCUT2D eigenvalue weighted by atomic mass is 32.2. The van der Waals surface area contributed by atoms with Crippen LogP contribution in [0.5, 0.6) is 0 Å². The van der Waals surface area contributed by atoms with E-state index in [4.69, 9.17) is 4.74 Å². The fourth-order valence-electron chi connectivity index (χ4n) is 4.62. The molecule has 1 unspecified atom stereocenters. The first-order valence-electron chi connectivity index (χ1n) is 12.8. The van der Waals surface area contributed by atoms with Gasteiger partial charge in [0, 0.05) is 42.7 Å². The lowest BCUT2D eigenvalue weighted by atomic mass is 10.2. The molecule has 4 heterocycles. The van der Waals surface area contributed by atoms with Gasteiger partial charge in [0.25, 0.3) is 10.0 Å². The number of rotatable bonds is 11. The number of thiazole rings is 1. The Morgan fingerprint density at radius 2 is 2.10 bits per heavy atom. The van der Waals surface area contributed by atoms with E-state index in [1.165, 1.54) is 15.6 Å². The zero-order chi connectivity index (χ0) is 29.2. The molecule has 0 radical (unpaired) electrons. The van der Waals surface area contributed by atoms with Crippen LogP contribution in [0.1, 0.15) is 18.2 Å². The van der Waals surface area contributed by atoms with Crippen molar-refractivity contribution >= 4 is 55.3 Å². The van der Waals surface area contributed by atoms with Crippen LogP contribution in [-0.2, 0) is 30.8 Å². The number of nitrogens with zero attached hydrogens (tertiary/aromatic N) is 3. The fourth-order valence-corrected chi connectivity index (χ4v) is 8.12. The van der Waals surface area contributed by atoms with Crippen molar-refractivity contribution < 1.29 is 35.9 Å². The molecule has 4 aromatic rings. The summed E-state index contributed by atoms with van der Waals surface area (Å²) in [6, 6.07) is 10.6. The van der Waals surface area contributed by atoms with Crippen LogP contribution in [0.4, 0.5) is 18.9 Å². The number of hydrogen-bond acceptors (Lipinski definition) is 9. The lowest BCUT2D eigenvalue weighted by Crippen LogP contribution is -2.34. The van der Waals surface area contributed by atoms with E-state index in [0.717, 1.165) is 21.6 Å². The van der Waals surface area contributed by atoms with Gasteiger partial charge in [-0.05, 0) is 36.9 Å². The maximum Gasteiger partial charge on any atom is 0.490 e. The minimum atomic E-state index is -5.01. The lowest BCUT2D eigenvalue weighted by Gasteiger charge is -2.24. The minimum absolute atomic E-state index is 0.137. The molecule has 41 heavy (non-hydrogen) atoms. The predicted octanol–water partition coefficient (Wildman–Crippen LogP) is 5.26. The summed E-state index contributed by atoms with van der Waals surface area (Å²) >= 11 is 2.57. The number of para-hydroxylation sites is 1. The molecule has 1 saturated heterocycles. The number of likely N-dealkylation sites (tertiary alicyclic amines) is 1. The van der Waals surface area contributed by atoms with Crippen LogP contribution in [0.25, 0.3) is 21.6 Å². The first-order valence-corrected chi connectivity index (χ1v) is 15.9. The molecule has 0 spiro atoms. The zero-order valence-electron chi connectivity index (χ0n) is 21.9. The lowest BCUT2D eigenvalue weighted by molar-refractivity contribution is -0.204. The number of aromatic nitrogens is 2. The van der Waals surface area contributed by atoms with Gasteiger partial charge in [-0.15, -0.1) is 22.7 Å². The number of H-pyrrole nitrogens is 1. The van der Waals surface area contributed by atoms with Crippen molar-refractivity contribution in [2.45, 2.75) is 36.4 Å². The topological polar surface area (TPSA) is 105 Å². The van der Waals surface area contributed by atoms with Crippen molar-refractivity contribution in [3.05, 3.63) is 52.9 Å². The number of esters is 1. The molecule has 1 fully saturated rings. The molecule has 15 heteroatoms. The summed E-state index contributed by atoms with van der Waals surface area (Å²) in [6.45, 7) is 3.84. The molecule has 1 N–H and O–H groups in total. The van der Waals surface area contributed by atoms with Gasteiger partial charge in [-0.1, -0.05) is 18.2 Å². The number of sulfonamides is 1. The van der Waals surface area contributed by atoms with Crippen molar-refractivity contribution in [1.29, 1.82) is 0 Å². The van der Waals surface area contributed by atoms with Crippen molar-refractivity contribution in [1.82, 2.24) is 14.9 Å². The Bertz CT molecular complexity index is 1600. The van der Waals surface area contributed by atoms with E-state index in [2.05, 4.69) is 14.7 Å². The number of benzene rings is 1. The molecule has 1 aliphatic rings. The highest BCUT2D eigenvalue weighted by Crippen LogP contribution is 2.36. The van der Waals surface area contributed by atoms with Gasteiger partial charge in [-0.25, -0.2) is 18.2 Å². The molecular weight excluding hydrogens is 602 g/mol. The van der Waals surface area contributed by atoms with Crippen LogP contribution < -0.4 is 4.31 Å². The smallest absolute Gasteiger partial charge is 0.454 e. The Morgan fingerprint density at radius 3 is 2.83 bits per heavy atom. The van der Waals surface area contributed by atoms with Crippen LogP contribution in [0, 0.1) is 0 Å². The summed E-state index contributed by atoms with van der Waals surface area (Å²) in [5.74, 6) is -2.16. The number of halogens is 3. The fraction of sp³-hybridized carbons (Fsp3) is 0.385. The van der Waals surface area contributed by atoms with Gasteiger partial charge >= 0.3 is 12.1 Å². The summed E-state index contributed by atoms with van der Waals surface area (Å²) in [5, 5.41) is 3.22. The Balaban J connectivity index is 1.35. The highest BCUT2D eigenvalue weighted by molar-refractivity contribution is 7.94. The second kappa shape index (κ2) is 12.1. The van der Waals surface area contributed by atoms with Gasteiger partial charge in [-0.3, -0.25) is 9.21 Å². The van der Waals surface area contributed by atoms with E-state index in [1.54, 1.807) is 35.8 Å². The third kappa shape index (κ3) is 6.59. The standard InChI is InChI=1S/C26H27F3N4O5S3/c1-2-37-11-10-33(41(35,36)22-7-4-12-39-22)21-6-3-5-17-13-20(31-23(17)21)24-30-14-19(40-24)16-32-9-8-18(15-32)38-25(34)26(27,28)29/h3-7,12-14,18,31H,2,8-11,15-16H2,1H3. The molecule has 0 saturated carbocycles. The minimum Gasteiger partial charge on any atom is -0.454 e. The van der Waals surface area contributed by atoms with Crippen LogP contribution in [0.3, 0.4) is 0 Å². The summed E-state index contributed by atoms with van der Waals surface area (Å²) in [5.41, 5.74) is 1.85.